The van der Waals surface area contributed by atoms with Crippen molar-refractivity contribution in [1.82, 2.24) is 24.6 Å². The molecule has 1 amide bonds. The van der Waals surface area contributed by atoms with Crippen LogP contribution in [0.5, 0.6) is 0 Å². The first-order chi connectivity index (χ1) is 17.5. The van der Waals surface area contributed by atoms with Gasteiger partial charge < -0.3 is 25.0 Å². The number of nitrogens with zero attached hydrogens (tertiary/aromatic N) is 5. The number of anilines is 1. The summed E-state index contributed by atoms with van der Waals surface area (Å²) in [5, 5.41) is 27.1. The molecule has 3 aromatic rings. The highest BCUT2D eigenvalue weighted by molar-refractivity contribution is 8.00. The van der Waals surface area contributed by atoms with Gasteiger partial charge >= 0.3 is 11.9 Å². The van der Waals surface area contributed by atoms with E-state index in [0.717, 1.165) is 52.9 Å². The van der Waals surface area contributed by atoms with Crippen molar-refractivity contribution in [2.45, 2.75) is 44.1 Å². The van der Waals surface area contributed by atoms with Gasteiger partial charge in [-0.05, 0) is 71.1 Å². The Kier molecular flexibility index (Phi) is 11.2. The highest BCUT2D eigenvalue weighted by atomic mass is 32.2. The molecule has 3 rings (SSSR count). The molecule has 0 fully saturated rings. The Hall–Kier alpha value is -3.77. The molecule has 0 aliphatic rings. The van der Waals surface area contributed by atoms with E-state index >= 15 is 0 Å². The smallest absolute Gasteiger partial charge is 0.414 e. The quantitative estimate of drug-likeness (QED) is 0.279. The summed E-state index contributed by atoms with van der Waals surface area (Å²) in [5.41, 5.74) is 3.95. The second-order valence-electron chi connectivity index (χ2n) is 8.48. The van der Waals surface area contributed by atoms with E-state index in [1.165, 1.54) is 11.8 Å². The van der Waals surface area contributed by atoms with Gasteiger partial charge in [0.15, 0.2) is 11.0 Å². The van der Waals surface area contributed by atoms with E-state index in [1.807, 2.05) is 51.1 Å². The lowest BCUT2D eigenvalue weighted by Crippen LogP contribution is -2.24. The van der Waals surface area contributed by atoms with Crippen LogP contribution in [0, 0.1) is 13.8 Å². The van der Waals surface area contributed by atoms with E-state index in [4.69, 9.17) is 19.8 Å². The zero-order chi connectivity index (χ0) is 27.5. The van der Waals surface area contributed by atoms with Crippen LogP contribution in [0.2, 0.25) is 0 Å². The van der Waals surface area contributed by atoms with E-state index in [0.29, 0.717) is 0 Å². The number of carboxylic acids is 2. The second-order valence-corrected chi connectivity index (χ2v) is 9.78. The number of rotatable bonds is 9. The maximum absolute atomic E-state index is 12.9. The summed E-state index contributed by atoms with van der Waals surface area (Å²) in [4.78, 5) is 37.4. The number of carbonyl (C=O) groups is 3. The van der Waals surface area contributed by atoms with E-state index in [-0.39, 0.29) is 11.2 Å². The molecule has 2 heterocycles. The molecule has 12 heteroatoms. The van der Waals surface area contributed by atoms with Gasteiger partial charge in [0, 0.05) is 30.2 Å². The zero-order valence-corrected chi connectivity index (χ0v) is 22.3. The number of amides is 1. The number of aliphatic carboxylic acids is 2. The fourth-order valence-corrected chi connectivity index (χ4v) is 4.16. The molecule has 0 radical (unpaired) electrons. The van der Waals surface area contributed by atoms with Crippen molar-refractivity contribution in [2.24, 2.45) is 0 Å². The van der Waals surface area contributed by atoms with Gasteiger partial charge in [0.25, 0.3) is 0 Å². The molecular weight excluding hydrogens is 496 g/mol. The second kappa shape index (κ2) is 14.1. The molecule has 0 saturated carbocycles. The fraction of sp³-hybridized carbons (Fsp3) is 0.360. The first kappa shape index (κ1) is 29.5. The van der Waals surface area contributed by atoms with Gasteiger partial charge in [0.2, 0.25) is 5.91 Å². The Bertz CT molecular complexity index is 1180. The summed E-state index contributed by atoms with van der Waals surface area (Å²) in [6, 6.07) is 9.86. The number of para-hydroxylation sites is 1. The summed E-state index contributed by atoms with van der Waals surface area (Å²) < 4.78 is 2.10. The number of pyridine rings is 1. The van der Waals surface area contributed by atoms with Crippen LogP contribution in [0.3, 0.4) is 0 Å². The Labute approximate surface area is 219 Å². The zero-order valence-electron chi connectivity index (χ0n) is 21.5. The Balaban J connectivity index is 0.000000717. The minimum atomic E-state index is -1.82. The molecular formula is C25H32N6O5S. The van der Waals surface area contributed by atoms with E-state index < -0.39 is 11.9 Å². The molecule has 1 unspecified atom stereocenters. The molecule has 11 nitrogen and oxygen atoms in total. The summed E-state index contributed by atoms with van der Waals surface area (Å²) >= 11 is 1.43. The number of hydrogen-bond acceptors (Lipinski definition) is 8. The lowest BCUT2D eigenvalue weighted by atomic mass is 10.1. The highest BCUT2D eigenvalue weighted by Gasteiger charge is 2.21. The minimum Gasteiger partial charge on any atom is -0.473 e. The van der Waals surface area contributed by atoms with Crippen molar-refractivity contribution in [3.63, 3.8) is 0 Å². The average Bonchev–Trinajstić information content (AvgIpc) is 3.24. The maximum atomic E-state index is 12.9. The van der Waals surface area contributed by atoms with Crippen LogP contribution in [-0.4, -0.2) is 78.6 Å². The monoisotopic (exact) mass is 528 g/mol. The van der Waals surface area contributed by atoms with Crippen LogP contribution in [0.4, 0.5) is 5.69 Å². The summed E-state index contributed by atoms with van der Waals surface area (Å²) in [6.45, 7) is 7.64. The first-order valence-corrected chi connectivity index (χ1v) is 12.4. The van der Waals surface area contributed by atoms with Gasteiger partial charge in [0.05, 0.1) is 5.25 Å². The van der Waals surface area contributed by atoms with Crippen molar-refractivity contribution >= 4 is 35.3 Å². The van der Waals surface area contributed by atoms with E-state index in [1.54, 1.807) is 12.4 Å². The molecule has 37 heavy (non-hydrogen) atoms. The van der Waals surface area contributed by atoms with Crippen LogP contribution in [0.15, 0.2) is 47.9 Å². The van der Waals surface area contributed by atoms with Crippen LogP contribution >= 0.6 is 11.8 Å². The van der Waals surface area contributed by atoms with Crippen molar-refractivity contribution in [1.29, 1.82) is 0 Å². The third-order valence-corrected chi connectivity index (χ3v) is 6.29. The molecule has 1 atom stereocenters. The van der Waals surface area contributed by atoms with Gasteiger partial charge in [-0.2, -0.15) is 0 Å². The first-order valence-electron chi connectivity index (χ1n) is 11.5. The number of aromatic nitrogens is 4. The SMILES string of the molecule is Cc1cccc(C)c1NC(=O)C(C)Sc1nnc(-c2ccncc2)n1CCCN(C)C.O=C(O)C(=O)O. The molecule has 0 aliphatic heterocycles. The van der Waals surface area contributed by atoms with Crippen molar-refractivity contribution in [3.05, 3.63) is 53.9 Å². The number of aryl methyl sites for hydroxylation is 2. The topological polar surface area (TPSA) is 151 Å². The Morgan fingerprint density at radius 2 is 1.62 bits per heavy atom. The van der Waals surface area contributed by atoms with Gasteiger partial charge in [-0.15, -0.1) is 10.2 Å². The standard InChI is InChI=1S/C23H30N6OS.C2H2O4/c1-16-8-6-9-17(2)20(16)25-22(30)18(3)31-23-27-26-21(19-10-12-24-13-11-19)29(23)15-7-14-28(4)5;3-1(4)2(5)6/h6,8-13,18H,7,14-15H2,1-5H3,(H,25,30);(H,3,4)(H,5,6). The average molecular weight is 529 g/mol. The molecule has 198 valence electrons. The number of carbonyl (C=O) groups excluding carboxylic acids is 1. The molecule has 3 N–H and O–H groups in total. The van der Waals surface area contributed by atoms with Gasteiger partial charge in [-0.25, -0.2) is 9.59 Å². The van der Waals surface area contributed by atoms with Crippen LogP contribution in [0.1, 0.15) is 24.5 Å². The number of carboxylic acid groups (broad SMARTS) is 2. The molecule has 2 aromatic heterocycles. The number of benzene rings is 1. The molecule has 0 bridgehead atoms. The highest BCUT2D eigenvalue weighted by Crippen LogP contribution is 2.28. The maximum Gasteiger partial charge on any atom is 0.414 e. The van der Waals surface area contributed by atoms with Gasteiger partial charge in [-0.1, -0.05) is 30.0 Å². The summed E-state index contributed by atoms with van der Waals surface area (Å²) in [7, 11) is 4.12. The lowest BCUT2D eigenvalue weighted by Gasteiger charge is -2.16. The van der Waals surface area contributed by atoms with Gasteiger partial charge in [-0.3, -0.25) is 9.78 Å². The van der Waals surface area contributed by atoms with Crippen LogP contribution in [0.25, 0.3) is 11.4 Å². The minimum absolute atomic E-state index is 0.0456. The Morgan fingerprint density at radius 3 is 2.16 bits per heavy atom. The predicted molar refractivity (Wildman–Crippen MR) is 142 cm³/mol. The number of nitrogens with one attached hydrogen (secondary N) is 1. The molecule has 1 aromatic carbocycles. The fourth-order valence-electron chi connectivity index (χ4n) is 3.29. The Morgan fingerprint density at radius 1 is 1.03 bits per heavy atom. The van der Waals surface area contributed by atoms with Crippen molar-refractivity contribution < 1.29 is 24.6 Å². The lowest BCUT2D eigenvalue weighted by molar-refractivity contribution is -0.159. The predicted octanol–water partition coefficient (Wildman–Crippen LogP) is 3.18. The number of thioether (sulfide) groups is 1. The largest absolute Gasteiger partial charge is 0.473 e. The molecule has 0 spiro atoms. The third kappa shape index (κ3) is 8.99. The third-order valence-electron chi connectivity index (χ3n) is 5.21. The van der Waals surface area contributed by atoms with E-state index in [2.05, 4.69) is 44.1 Å². The molecule has 0 aliphatic carbocycles. The molecule has 0 saturated heterocycles. The summed E-state index contributed by atoms with van der Waals surface area (Å²) in [5.74, 6) is -2.90. The van der Waals surface area contributed by atoms with E-state index in [9.17, 15) is 4.79 Å². The summed E-state index contributed by atoms with van der Waals surface area (Å²) in [6.07, 6.45) is 4.46. The van der Waals surface area contributed by atoms with Gasteiger partial charge in [0.1, 0.15) is 0 Å². The van der Waals surface area contributed by atoms with Crippen LogP contribution in [-0.2, 0) is 20.9 Å². The van der Waals surface area contributed by atoms with Crippen LogP contribution < -0.4 is 5.32 Å². The normalized spacial score (nSPS) is 11.4. The van der Waals surface area contributed by atoms with Crippen molar-refractivity contribution in [2.75, 3.05) is 26.0 Å². The van der Waals surface area contributed by atoms with Crippen molar-refractivity contribution in [3.8, 4) is 11.4 Å². The number of hydrogen-bond donors (Lipinski definition) is 3.